The third-order valence-electron chi connectivity index (χ3n) is 14.1. The molecule has 7 heterocycles. The number of nitrogens with one attached hydrogen (secondary N) is 2. The van der Waals surface area contributed by atoms with E-state index in [1.807, 2.05) is 12.1 Å². The molecule has 1 saturated carbocycles. The Hall–Kier alpha value is -3.39. The lowest BCUT2D eigenvalue weighted by Crippen LogP contribution is -2.51. The van der Waals surface area contributed by atoms with Gasteiger partial charge < -0.3 is 9.64 Å². The third kappa shape index (κ3) is 7.33. The number of amides is 1. The molecule has 3 saturated heterocycles. The number of halogens is 4. The molecule has 302 valence electrons. The van der Waals surface area contributed by atoms with Gasteiger partial charge in [-0.15, -0.1) is 0 Å². The second-order valence-corrected chi connectivity index (χ2v) is 18.1. The molecule has 4 unspecified atom stereocenters. The van der Waals surface area contributed by atoms with Crippen LogP contribution in [0.2, 0.25) is 10.0 Å². The van der Waals surface area contributed by atoms with Gasteiger partial charge in [-0.2, -0.15) is 10.2 Å². The average Bonchev–Trinajstić information content (AvgIpc) is 3.65. The van der Waals surface area contributed by atoms with Crippen molar-refractivity contribution in [2.75, 3.05) is 52.5 Å². The number of ether oxygens (including phenoxy) is 1. The third-order valence-corrected chi connectivity index (χ3v) is 14.9. The largest absolute Gasteiger partial charge is 0.378 e. The number of fused-ring (bicyclic) bond motifs is 2. The highest BCUT2D eigenvalue weighted by atomic mass is 35.5. The number of piperidine rings is 2. The summed E-state index contributed by atoms with van der Waals surface area (Å²) in [5.74, 6) is 0.418. The number of rotatable bonds is 9. The number of aromatic amines is 2. The Morgan fingerprint density at radius 2 is 1.47 bits per heavy atom. The first kappa shape index (κ1) is 37.9. The van der Waals surface area contributed by atoms with Crippen molar-refractivity contribution in [3.05, 3.63) is 103 Å². The zero-order valence-electron chi connectivity index (χ0n) is 32.2. The van der Waals surface area contributed by atoms with Crippen LogP contribution < -0.4 is 0 Å². The SMILES string of the molecule is O=C(c1n[nH]c2c1CN(C1COC1)CC2)N1CCC(c2cccc(F)c2Cl)CC1C1CC1CN1CCc2[nH]nc(CN3CCC(c4cccc(F)c4Cl)CC3)c2C1. The lowest BCUT2D eigenvalue weighted by Gasteiger charge is -2.41. The number of hydrogen-bond donors (Lipinski definition) is 2. The fourth-order valence-corrected chi connectivity index (χ4v) is 11.1. The molecule has 5 aliphatic heterocycles. The van der Waals surface area contributed by atoms with E-state index in [1.54, 1.807) is 12.1 Å². The maximum atomic E-state index is 14.7. The normalized spacial score (nSPS) is 26.3. The van der Waals surface area contributed by atoms with Crippen molar-refractivity contribution in [2.45, 2.75) is 88.5 Å². The van der Waals surface area contributed by atoms with Gasteiger partial charge in [0.1, 0.15) is 11.6 Å². The van der Waals surface area contributed by atoms with Gasteiger partial charge in [-0.3, -0.25) is 29.7 Å². The molecular formula is C43H50Cl2F2N8O2. The van der Waals surface area contributed by atoms with Crippen LogP contribution in [0.15, 0.2) is 36.4 Å². The molecule has 10 rings (SSSR count). The van der Waals surface area contributed by atoms with E-state index in [2.05, 4.69) is 34.9 Å². The molecule has 10 nitrogen and oxygen atoms in total. The summed E-state index contributed by atoms with van der Waals surface area (Å²) in [5, 5.41) is 16.5. The van der Waals surface area contributed by atoms with Crippen molar-refractivity contribution in [1.82, 2.24) is 40.0 Å². The summed E-state index contributed by atoms with van der Waals surface area (Å²) in [6, 6.07) is 10.7. The van der Waals surface area contributed by atoms with Gasteiger partial charge >= 0.3 is 0 Å². The average molecular weight is 820 g/mol. The van der Waals surface area contributed by atoms with E-state index in [9.17, 15) is 13.6 Å². The molecule has 4 fully saturated rings. The number of H-pyrrole nitrogens is 2. The first-order valence-electron chi connectivity index (χ1n) is 20.9. The number of aromatic nitrogens is 4. The van der Waals surface area contributed by atoms with Crippen molar-refractivity contribution in [3.8, 4) is 0 Å². The first-order valence-corrected chi connectivity index (χ1v) is 21.6. The van der Waals surface area contributed by atoms with Gasteiger partial charge in [0.2, 0.25) is 0 Å². The van der Waals surface area contributed by atoms with E-state index in [0.717, 1.165) is 132 Å². The Morgan fingerprint density at radius 3 is 2.21 bits per heavy atom. The van der Waals surface area contributed by atoms with Gasteiger partial charge in [0.25, 0.3) is 5.91 Å². The van der Waals surface area contributed by atoms with Crippen LogP contribution in [0.4, 0.5) is 8.78 Å². The van der Waals surface area contributed by atoms with Gasteiger partial charge in [-0.1, -0.05) is 47.5 Å². The topological polar surface area (TPSA) is 96.6 Å². The summed E-state index contributed by atoms with van der Waals surface area (Å²) in [6.45, 7) is 9.14. The fourth-order valence-electron chi connectivity index (χ4n) is 10.6. The molecule has 6 aliphatic rings. The van der Waals surface area contributed by atoms with E-state index in [-0.39, 0.29) is 45.5 Å². The van der Waals surface area contributed by atoms with Crippen molar-refractivity contribution < 1.29 is 18.3 Å². The van der Waals surface area contributed by atoms with Gasteiger partial charge in [0.15, 0.2) is 5.69 Å². The number of benzene rings is 2. The minimum Gasteiger partial charge on any atom is -0.378 e. The van der Waals surface area contributed by atoms with Gasteiger partial charge in [-0.25, -0.2) is 8.78 Å². The van der Waals surface area contributed by atoms with Crippen molar-refractivity contribution in [2.24, 2.45) is 11.8 Å². The molecule has 1 aliphatic carbocycles. The van der Waals surface area contributed by atoms with Crippen molar-refractivity contribution >= 4 is 29.1 Å². The highest BCUT2D eigenvalue weighted by Crippen LogP contribution is 2.50. The number of carbonyl (C=O) groups is 1. The molecule has 14 heteroatoms. The minimum atomic E-state index is -0.389. The van der Waals surface area contributed by atoms with Crippen LogP contribution in [0, 0.1) is 23.5 Å². The second-order valence-electron chi connectivity index (χ2n) is 17.3. The predicted molar refractivity (Wildman–Crippen MR) is 213 cm³/mol. The Balaban J connectivity index is 0.816. The van der Waals surface area contributed by atoms with Crippen LogP contribution in [0.25, 0.3) is 0 Å². The number of carbonyl (C=O) groups excluding carboxylic acids is 1. The Labute approximate surface area is 342 Å². The molecule has 2 N–H and O–H groups in total. The van der Waals surface area contributed by atoms with Crippen LogP contribution in [-0.4, -0.2) is 110 Å². The monoisotopic (exact) mass is 818 g/mol. The van der Waals surface area contributed by atoms with Crippen LogP contribution in [0.1, 0.15) is 93.8 Å². The number of likely N-dealkylation sites (tertiary alicyclic amines) is 2. The van der Waals surface area contributed by atoms with Gasteiger partial charge in [0, 0.05) is 87.2 Å². The van der Waals surface area contributed by atoms with Crippen molar-refractivity contribution in [3.63, 3.8) is 0 Å². The lowest BCUT2D eigenvalue weighted by atomic mass is 9.82. The fraction of sp³-hybridized carbons (Fsp3) is 0.558. The van der Waals surface area contributed by atoms with Crippen LogP contribution in [0.5, 0.6) is 0 Å². The number of nitrogens with zero attached hydrogens (tertiary/aromatic N) is 6. The quantitative estimate of drug-likeness (QED) is 0.189. The van der Waals surface area contributed by atoms with E-state index >= 15 is 0 Å². The first-order chi connectivity index (χ1) is 27.8. The molecule has 1 amide bonds. The summed E-state index contributed by atoms with van der Waals surface area (Å²) in [4.78, 5) is 24.2. The van der Waals surface area contributed by atoms with Crippen LogP contribution in [-0.2, 0) is 37.2 Å². The van der Waals surface area contributed by atoms with Gasteiger partial charge in [0.05, 0.1) is 35.0 Å². The summed E-state index contributed by atoms with van der Waals surface area (Å²) in [6.07, 6.45) is 6.20. The smallest absolute Gasteiger partial charge is 0.274 e. The summed E-state index contributed by atoms with van der Waals surface area (Å²) in [5.41, 5.74) is 8.08. The zero-order valence-corrected chi connectivity index (χ0v) is 33.7. The maximum absolute atomic E-state index is 14.7. The molecule has 4 aromatic rings. The Morgan fingerprint density at radius 1 is 0.789 bits per heavy atom. The zero-order chi connectivity index (χ0) is 38.8. The molecular weight excluding hydrogens is 769 g/mol. The van der Waals surface area contributed by atoms with Crippen LogP contribution >= 0.6 is 23.2 Å². The molecule has 4 atom stereocenters. The Kier molecular flexibility index (Phi) is 10.4. The molecule has 57 heavy (non-hydrogen) atoms. The van der Waals surface area contributed by atoms with Crippen molar-refractivity contribution in [1.29, 1.82) is 0 Å². The molecule has 2 aromatic carbocycles. The lowest BCUT2D eigenvalue weighted by molar-refractivity contribution is -0.0696. The highest BCUT2D eigenvalue weighted by molar-refractivity contribution is 6.31. The highest BCUT2D eigenvalue weighted by Gasteiger charge is 2.50. The van der Waals surface area contributed by atoms with Crippen LogP contribution in [0.3, 0.4) is 0 Å². The summed E-state index contributed by atoms with van der Waals surface area (Å²) < 4.78 is 34.3. The van der Waals surface area contributed by atoms with E-state index in [0.29, 0.717) is 36.7 Å². The molecule has 2 aromatic heterocycles. The predicted octanol–water partition coefficient (Wildman–Crippen LogP) is 6.94. The van der Waals surface area contributed by atoms with E-state index < -0.39 is 0 Å². The standard InChI is InChI=1S/C43H50Cl2F2N8O2/c44-40-29(3-1-5-34(40)46)25-7-12-52(13-8-25)22-38-32-20-53(14-10-36(32)48-50-38)19-27-17-31(27)39-18-26(30-4-2-6-35(47)41(30)45)9-16-55(39)43(56)42-33-21-54(28-23-57-24-28)15-11-37(33)49-51-42/h1-6,25-28,31,39H,7-24H2,(H,48,50)(H,49,51). The van der Waals surface area contributed by atoms with E-state index in [1.165, 1.54) is 23.4 Å². The Bertz CT molecular complexity index is 2130. The second kappa shape index (κ2) is 15.7. The minimum absolute atomic E-state index is 0.00682. The number of hydrogen-bond acceptors (Lipinski definition) is 7. The molecule has 0 spiro atoms. The van der Waals surface area contributed by atoms with Gasteiger partial charge in [-0.05, 0) is 92.1 Å². The molecule has 0 bridgehead atoms. The summed E-state index contributed by atoms with van der Waals surface area (Å²) >= 11 is 12.9. The maximum Gasteiger partial charge on any atom is 0.274 e. The van der Waals surface area contributed by atoms with E-state index in [4.69, 9.17) is 33.0 Å². The molecule has 0 radical (unpaired) electrons. The summed E-state index contributed by atoms with van der Waals surface area (Å²) in [7, 11) is 0.